The predicted molar refractivity (Wildman–Crippen MR) is 86.9 cm³/mol. The molecule has 5 nitrogen and oxygen atoms in total. The number of hydrogen-bond acceptors (Lipinski definition) is 5. The molecule has 0 saturated carbocycles. The Morgan fingerprint density at radius 1 is 1.14 bits per heavy atom. The van der Waals surface area contributed by atoms with Gasteiger partial charge in [-0.05, 0) is 32.2 Å². The zero-order chi connectivity index (χ0) is 14.8. The van der Waals surface area contributed by atoms with E-state index < -0.39 is 0 Å². The summed E-state index contributed by atoms with van der Waals surface area (Å²) in [6.45, 7) is 4.35. The van der Waals surface area contributed by atoms with Gasteiger partial charge in [0.15, 0.2) is 0 Å². The van der Waals surface area contributed by atoms with Gasteiger partial charge in [0, 0.05) is 37.4 Å². The first-order valence-electron chi connectivity index (χ1n) is 8.41. The summed E-state index contributed by atoms with van der Waals surface area (Å²) in [4.78, 5) is 6.95. The Bertz CT molecular complexity index is 606. The number of piperidine rings is 1. The summed E-state index contributed by atoms with van der Waals surface area (Å²) in [7, 11) is 0. The monoisotopic (exact) mass is 317 g/mol. The van der Waals surface area contributed by atoms with Crippen LogP contribution in [0.2, 0.25) is 0 Å². The molecule has 0 radical (unpaired) electrons. The molecule has 0 spiro atoms. The molecule has 2 aromatic rings. The van der Waals surface area contributed by atoms with E-state index in [0.717, 1.165) is 26.1 Å². The van der Waals surface area contributed by atoms with Crippen LogP contribution in [0.5, 0.6) is 0 Å². The molecular weight excluding hydrogens is 294 g/mol. The van der Waals surface area contributed by atoms with Gasteiger partial charge in [-0.2, -0.15) is 0 Å². The van der Waals surface area contributed by atoms with E-state index >= 15 is 0 Å². The van der Waals surface area contributed by atoms with Crippen molar-refractivity contribution in [2.45, 2.75) is 57.5 Å². The van der Waals surface area contributed by atoms with Crippen LogP contribution < -0.4 is 0 Å². The molecule has 1 saturated heterocycles. The third-order valence-corrected chi connectivity index (χ3v) is 5.51. The minimum atomic E-state index is 0.534. The van der Waals surface area contributed by atoms with Gasteiger partial charge >= 0.3 is 0 Å². The van der Waals surface area contributed by atoms with Crippen LogP contribution in [-0.2, 0) is 19.5 Å². The van der Waals surface area contributed by atoms with Crippen LogP contribution in [0.25, 0.3) is 0 Å². The van der Waals surface area contributed by atoms with Crippen molar-refractivity contribution >= 4 is 11.3 Å². The van der Waals surface area contributed by atoms with Crippen molar-refractivity contribution in [2.75, 3.05) is 13.1 Å². The fourth-order valence-electron chi connectivity index (χ4n) is 3.76. The third kappa shape index (κ3) is 2.94. The number of rotatable bonds is 3. The van der Waals surface area contributed by atoms with E-state index in [9.17, 15) is 0 Å². The Hall–Kier alpha value is -1.27. The second kappa shape index (κ2) is 6.46. The zero-order valence-electron chi connectivity index (χ0n) is 12.9. The van der Waals surface area contributed by atoms with Gasteiger partial charge < -0.3 is 4.57 Å². The molecule has 0 unspecified atom stereocenters. The normalized spacial score (nSPS) is 23.2. The van der Waals surface area contributed by atoms with Crippen molar-refractivity contribution in [3.63, 3.8) is 0 Å². The number of likely N-dealkylation sites (tertiary alicyclic amines) is 1. The van der Waals surface area contributed by atoms with Crippen LogP contribution in [0.15, 0.2) is 10.9 Å². The van der Waals surface area contributed by atoms with Gasteiger partial charge in [0.05, 0.1) is 11.2 Å². The zero-order valence-corrected chi connectivity index (χ0v) is 13.8. The number of fused-ring (bicyclic) bond motifs is 1. The molecule has 0 N–H and O–H groups in total. The van der Waals surface area contributed by atoms with Crippen LogP contribution >= 0.6 is 11.3 Å². The highest BCUT2D eigenvalue weighted by atomic mass is 32.1. The molecule has 0 aromatic carbocycles. The molecule has 1 atom stereocenters. The van der Waals surface area contributed by atoms with Crippen LogP contribution in [0.1, 0.15) is 55.4 Å². The van der Waals surface area contributed by atoms with Gasteiger partial charge in [0.1, 0.15) is 11.6 Å². The van der Waals surface area contributed by atoms with Crippen molar-refractivity contribution in [1.82, 2.24) is 24.6 Å². The second-order valence-corrected chi connectivity index (χ2v) is 7.21. The highest BCUT2D eigenvalue weighted by Crippen LogP contribution is 2.28. The highest BCUT2D eigenvalue weighted by Gasteiger charge is 2.27. The molecule has 118 valence electrons. The SMILES string of the molecule is c1nc(CN2CCC[C@@H](c3nnc4n3CCCCC4)C2)cs1. The van der Waals surface area contributed by atoms with E-state index in [0.29, 0.717) is 5.92 Å². The quantitative estimate of drug-likeness (QED) is 0.873. The number of hydrogen-bond donors (Lipinski definition) is 0. The lowest BCUT2D eigenvalue weighted by atomic mass is 9.97. The maximum absolute atomic E-state index is 4.57. The van der Waals surface area contributed by atoms with Crippen molar-refractivity contribution < 1.29 is 0 Å². The van der Waals surface area contributed by atoms with E-state index in [-0.39, 0.29) is 0 Å². The Kier molecular flexibility index (Phi) is 4.21. The fraction of sp³-hybridized carbons (Fsp3) is 0.688. The summed E-state index contributed by atoms with van der Waals surface area (Å²) in [5.41, 5.74) is 3.13. The number of thiazole rings is 1. The Morgan fingerprint density at radius 3 is 3.05 bits per heavy atom. The average Bonchev–Trinajstić information content (AvgIpc) is 3.13. The minimum Gasteiger partial charge on any atom is -0.315 e. The fourth-order valence-corrected chi connectivity index (χ4v) is 4.31. The third-order valence-electron chi connectivity index (χ3n) is 4.88. The average molecular weight is 317 g/mol. The molecule has 0 aliphatic carbocycles. The van der Waals surface area contributed by atoms with Crippen molar-refractivity contribution in [3.8, 4) is 0 Å². The predicted octanol–water partition coefficient (Wildman–Crippen LogP) is 2.84. The molecule has 22 heavy (non-hydrogen) atoms. The van der Waals surface area contributed by atoms with E-state index in [2.05, 4.69) is 30.0 Å². The summed E-state index contributed by atoms with van der Waals surface area (Å²) in [6.07, 6.45) is 7.44. The molecule has 4 rings (SSSR count). The van der Waals surface area contributed by atoms with Crippen LogP contribution in [0.3, 0.4) is 0 Å². The number of aryl methyl sites for hydroxylation is 1. The maximum atomic E-state index is 4.57. The van der Waals surface area contributed by atoms with Gasteiger partial charge in [-0.1, -0.05) is 6.42 Å². The summed E-state index contributed by atoms with van der Waals surface area (Å²) < 4.78 is 2.42. The standard InChI is InChI=1S/C16H23N5S/c1-2-6-15-18-19-16(21(15)8-3-1)13-5-4-7-20(9-13)10-14-11-22-12-17-14/h11-13H,1-10H2/t13-/m1/s1. The van der Waals surface area contributed by atoms with Gasteiger partial charge in [-0.25, -0.2) is 4.98 Å². The molecular formula is C16H23N5S. The van der Waals surface area contributed by atoms with Crippen molar-refractivity contribution in [2.24, 2.45) is 0 Å². The molecule has 0 amide bonds. The van der Waals surface area contributed by atoms with Crippen LogP contribution in [-0.4, -0.2) is 37.7 Å². The number of nitrogens with zero attached hydrogens (tertiary/aromatic N) is 5. The van der Waals surface area contributed by atoms with Gasteiger partial charge in [0.25, 0.3) is 0 Å². The molecule has 2 aliphatic rings. The molecule has 6 heteroatoms. The van der Waals surface area contributed by atoms with E-state index in [1.165, 1.54) is 56.0 Å². The molecule has 1 fully saturated rings. The van der Waals surface area contributed by atoms with Gasteiger partial charge in [0.2, 0.25) is 0 Å². The van der Waals surface area contributed by atoms with E-state index in [1.54, 1.807) is 11.3 Å². The molecule has 2 aromatic heterocycles. The first kappa shape index (κ1) is 14.3. The van der Waals surface area contributed by atoms with Crippen molar-refractivity contribution in [1.29, 1.82) is 0 Å². The van der Waals surface area contributed by atoms with Crippen LogP contribution in [0.4, 0.5) is 0 Å². The first-order valence-corrected chi connectivity index (χ1v) is 9.36. The number of aromatic nitrogens is 4. The van der Waals surface area contributed by atoms with E-state index in [4.69, 9.17) is 0 Å². The first-order chi connectivity index (χ1) is 10.9. The minimum absolute atomic E-state index is 0.534. The largest absolute Gasteiger partial charge is 0.315 e. The Labute approximate surface area is 135 Å². The summed E-state index contributed by atoms with van der Waals surface area (Å²) >= 11 is 1.68. The second-order valence-electron chi connectivity index (χ2n) is 6.49. The Morgan fingerprint density at radius 2 is 2.14 bits per heavy atom. The maximum Gasteiger partial charge on any atom is 0.137 e. The van der Waals surface area contributed by atoms with Gasteiger partial charge in [-0.15, -0.1) is 21.5 Å². The summed E-state index contributed by atoms with van der Waals surface area (Å²) in [5.74, 6) is 2.98. The topological polar surface area (TPSA) is 46.8 Å². The van der Waals surface area contributed by atoms with E-state index in [1.807, 2.05) is 5.51 Å². The van der Waals surface area contributed by atoms with Crippen LogP contribution in [0, 0.1) is 0 Å². The summed E-state index contributed by atoms with van der Waals surface area (Å²) in [6, 6.07) is 0. The lowest BCUT2D eigenvalue weighted by Crippen LogP contribution is -2.35. The lowest BCUT2D eigenvalue weighted by Gasteiger charge is -2.31. The van der Waals surface area contributed by atoms with Gasteiger partial charge in [-0.3, -0.25) is 4.90 Å². The molecule has 4 heterocycles. The lowest BCUT2D eigenvalue weighted by molar-refractivity contribution is 0.192. The smallest absolute Gasteiger partial charge is 0.137 e. The highest BCUT2D eigenvalue weighted by molar-refractivity contribution is 7.07. The summed E-state index contributed by atoms with van der Waals surface area (Å²) in [5, 5.41) is 11.2. The molecule has 2 aliphatic heterocycles. The van der Waals surface area contributed by atoms with Crippen molar-refractivity contribution in [3.05, 3.63) is 28.2 Å². The Balaban J connectivity index is 1.49. The molecule has 0 bridgehead atoms.